The number of rotatable bonds is 5. The molecule has 0 bridgehead atoms. The average molecular weight is 404 g/mol. The van der Waals surface area contributed by atoms with Crippen molar-refractivity contribution in [3.63, 3.8) is 0 Å². The largest absolute Gasteiger partial charge is 0.490 e. The van der Waals surface area contributed by atoms with E-state index in [4.69, 9.17) is 37.4 Å². The molecular weight excluding hydrogens is 387 g/mol. The van der Waals surface area contributed by atoms with Crippen LogP contribution >= 0.6 is 11.6 Å². The van der Waals surface area contributed by atoms with Gasteiger partial charge in [-0.3, -0.25) is 5.41 Å². The predicted molar refractivity (Wildman–Crippen MR) is 94.7 cm³/mol. The lowest BCUT2D eigenvalue weighted by Crippen LogP contribution is -2.29. The Morgan fingerprint density at radius 3 is 2.04 bits per heavy atom. The van der Waals surface area contributed by atoms with Gasteiger partial charge < -0.3 is 20.9 Å². The number of carboxylic acid groups (broad SMARTS) is 1. The summed E-state index contributed by atoms with van der Waals surface area (Å²) in [6, 6.07) is 15.2. The molecule has 2 aromatic carbocycles. The van der Waals surface area contributed by atoms with Gasteiger partial charge >= 0.3 is 12.1 Å². The molecular formula is C17H17ClF3N3O3. The molecule has 2 rings (SSSR count). The first-order chi connectivity index (χ1) is 12.6. The Bertz CT molecular complexity index is 751. The highest BCUT2D eigenvalue weighted by atomic mass is 35.5. The highest BCUT2D eigenvalue weighted by Crippen LogP contribution is 2.16. The molecule has 0 radical (unpaired) electrons. The van der Waals surface area contributed by atoms with E-state index in [0.29, 0.717) is 13.2 Å². The standard InChI is InChI=1S/C15H16ClN3O.C2HF3O2/c16-13-5-1-12(2-6-13)10-20-14-7-3-11(4-8-14)9-19-15(17)18;3-2(4,5)1(6)7/h1-8H,9-10H2,(H4,17,18,19);(H,6,7). The van der Waals surface area contributed by atoms with Gasteiger partial charge in [-0.2, -0.15) is 13.2 Å². The first kappa shape index (κ1) is 22.1. The van der Waals surface area contributed by atoms with Crippen molar-refractivity contribution in [1.82, 2.24) is 5.32 Å². The number of benzene rings is 2. The minimum atomic E-state index is -5.08. The molecule has 0 spiro atoms. The molecule has 0 aliphatic carbocycles. The Labute approximate surface area is 158 Å². The third-order valence-electron chi connectivity index (χ3n) is 2.97. The molecule has 5 N–H and O–H groups in total. The summed E-state index contributed by atoms with van der Waals surface area (Å²) in [6.07, 6.45) is -5.08. The Hall–Kier alpha value is -2.94. The summed E-state index contributed by atoms with van der Waals surface area (Å²) in [4.78, 5) is 8.90. The number of ether oxygens (including phenoxy) is 1. The van der Waals surface area contributed by atoms with E-state index in [9.17, 15) is 13.2 Å². The number of nitrogens with one attached hydrogen (secondary N) is 2. The van der Waals surface area contributed by atoms with Crippen molar-refractivity contribution in [2.24, 2.45) is 5.73 Å². The van der Waals surface area contributed by atoms with Crippen molar-refractivity contribution in [3.8, 4) is 5.75 Å². The molecule has 0 saturated heterocycles. The number of nitrogens with two attached hydrogens (primary N) is 1. The maximum atomic E-state index is 10.6. The maximum absolute atomic E-state index is 10.6. The summed E-state index contributed by atoms with van der Waals surface area (Å²) in [5.41, 5.74) is 7.34. The summed E-state index contributed by atoms with van der Waals surface area (Å²) >= 11 is 5.83. The van der Waals surface area contributed by atoms with Gasteiger partial charge in [-0.25, -0.2) is 4.79 Å². The van der Waals surface area contributed by atoms with Crippen LogP contribution in [0.4, 0.5) is 13.2 Å². The fraction of sp³-hybridized carbons (Fsp3) is 0.176. The van der Waals surface area contributed by atoms with E-state index in [2.05, 4.69) is 5.32 Å². The van der Waals surface area contributed by atoms with Crippen LogP contribution in [0.3, 0.4) is 0 Å². The molecule has 0 atom stereocenters. The lowest BCUT2D eigenvalue weighted by Gasteiger charge is -2.08. The molecule has 10 heteroatoms. The number of halogens is 4. The molecule has 6 nitrogen and oxygen atoms in total. The third kappa shape index (κ3) is 9.36. The van der Waals surface area contributed by atoms with Crippen LogP contribution in [0.1, 0.15) is 11.1 Å². The Kier molecular flexibility index (Phi) is 8.40. The van der Waals surface area contributed by atoms with Crippen molar-refractivity contribution in [2.45, 2.75) is 19.3 Å². The average Bonchev–Trinajstić information content (AvgIpc) is 2.60. The molecule has 0 aliphatic rings. The van der Waals surface area contributed by atoms with Crippen LogP contribution in [0.2, 0.25) is 5.02 Å². The van der Waals surface area contributed by atoms with Crippen LogP contribution < -0.4 is 15.8 Å². The number of carboxylic acids is 1. The minimum absolute atomic E-state index is 0.0342. The van der Waals surface area contributed by atoms with Crippen LogP contribution in [0.5, 0.6) is 5.75 Å². The SMILES string of the molecule is N=C(N)NCc1ccc(OCc2ccc(Cl)cc2)cc1.O=C(O)C(F)(F)F. The quantitative estimate of drug-likeness (QED) is 0.451. The fourth-order valence-electron chi connectivity index (χ4n) is 1.65. The van der Waals surface area contributed by atoms with E-state index < -0.39 is 12.1 Å². The number of guanidine groups is 1. The number of aliphatic carboxylic acids is 1. The van der Waals surface area contributed by atoms with Crippen LogP contribution in [0.25, 0.3) is 0 Å². The summed E-state index contributed by atoms with van der Waals surface area (Å²) in [6.45, 7) is 1.04. The van der Waals surface area contributed by atoms with Crippen molar-refractivity contribution in [2.75, 3.05) is 0 Å². The molecule has 0 fully saturated rings. The zero-order valence-corrected chi connectivity index (χ0v) is 14.6. The topological polar surface area (TPSA) is 108 Å². The highest BCUT2D eigenvalue weighted by molar-refractivity contribution is 6.30. The van der Waals surface area contributed by atoms with E-state index in [1.165, 1.54) is 0 Å². The Morgan fingerprint density at radius 1 is 1.11 bits per heavy atom. The van der Waals surface area contributed by atoms with Gasteiger partial charge in [0.2, 0.25) is 0 Å². The lowest BCUT2D eigenvalue weighted by atomic mass is 10.2. The third-order valence-corrected chi connectivity index (χ3v) is 3.22. The summed E-state index contributed by atoms with van der Waals surface area (Å²) < 4.78 is 37.4. The second-order valence-corrected chi connectivity index (χ2v) is 5.57. The number of hydrogen-bond acceptors (Lipinski definition) is 3. The monoisotopic (exact) mass is 403 g/mol. The minimum Gasteiger partial charge on any atom is -0.489 e. The Morgan fingerprint density at radius 2 is 1.59 bits per heavy atom. The van der Waals surface area contributed by atoms with Crippen molar-refractivity contribution in [1.29, 1.82) is 5.41 Å². The van der Waals surface area contributed by atoms with Gasteiger partial charge in [-0.1, -0.05) is 35.9 Å². The molecule has 0 heterocycles. The van der Waals surface area contributed by atoms with Crippen molar-refractivity contribution < 1.29 is 27.8 Å². The molecule has 2 aromatic rings. The van der Waals surface area contributed by atoms with E-state index in [-0.39, 0.29) is 5.96 Å². The second-order valence-electron chi connectivity index (χ2n) is 5.13. The molecule has 27 heavy (non-hydrogen) atoms. The molecule has 0 saturated carbocycles. The zero-order valence-electron chi connectivity index (χ0n) is 13.9. The first-order valence-corrected chi connectivity index (χ1v) is 7.80. The van der Waals surface area contributed by atoms with Crippen molar-refractivity contribution in [3.05, 3.63) is 64.7 Å². The van der Waals surface area contributed by atoms with Crippen LogP contribution in [0.15, 0.2) is 48.5 Å². The van der Waals surface area contributed by atoms with Gasteiger partial charge in [0, 0.05) is 11.6 Å². The van der Waals surface area contributed by atoms with Crippen LogP contribution in [-0.4, -0.2) is 23.2 Å². The van der Waals surface area contributed by atoms with Crippen molar-refractivity contribution >= 4 is 23.5 Å². The van der Waals surface area contributed by atoms with Gasteiger partial charge in [-0.15, -0.1) is 0 Å². The molecule has 0 unspecified atom stereocenters. The van der Waals surface area contributed by atoms with E-state index in [0.717, 1.165) is 21.9 Å². The number of hydrogen-bond donors (Lipinski definition) is 4. The molecule has 146 valence electrons. The van der Waals surface area contributed by atoms with Crippen LogP contribution in [-0.2, 0) is 17.9 Å². The molecule has 0 aliphatic heterocycles. The molecule has 0 amide bonds. The van der Waals surface area contributed by atoms with E-state index in [1.54, 1.807) is 0 Å². The van der Waals surface area contributed by atoms with Gasteiger partial charge in [0.05, 0.1) is 0 Å². The maximum Gasteiger partial charge on any atom is 0.490 e. The summed E-state index contributed by atoms with van der Waals surface area (Å²) in [5.74, 6) is -1.99. The second kappa shape index (κ2) is 10.3. The normalized spacial score (nSPS) is 10.4. The lowest BCUT2D eigenvalue weighted by molar-refractivity contribution is -0.192. The van der Waals surface area contributed by atoms with Gasteiger partial charge in [0.1, 0.15) is 12.4 Å². The van der Waals surface area contributed by atoms with Gasteiger partial charge in [0.25, 0.3) is 0 Å². The van der Waals surface area contributed by atoms with Crippen LogP contribution in [0, 0.1) is 5.41 Å². The predicted octanol–water partition coefficient (Wildman–Crippen LogP) is 3.54. The van der Waals surface area contributed by atoms with E-state index >= 15 is 0 Å². The van der Waals surface area contributed by atoms with Gasteiger partial charge in [0.15, 0.2) is 5.96 Å². The summed E-state index contributed by atoms with van der Waals surface area (Å²) in [5, 5.41) is 17.7. The highest BCUT2D eigenvalue weighted by Gasteiger charge is 2.38. The zero-order chi connectivity index (χ0) is 20.4. The fourth-order valence-corrected chi connectivity index (χ4v) is 1.77. The number of alkyl halides is 3. The summed E-state index contributed by atoms with van der Waals surface area (Å²) in [7, 11) is 0. The van der Waals surface area contributed by atoms with E-state index in [1.807, 2.05) is 48.5 Å². The smallest absolute Gasteiger partial charge is 0.489 e. The molecule has 0 aromatic heterocycles. The first-order valence-electron chi connectivity index (χ1n) is 7.42. The number of carbonyl (C=O) groups is 1. The Balaban J connectivity index is 0.000000445. The van der Waals surface area contributed by atoms with Gasteiger partial charge in [-0.05, 0) is 35.4 Å².